The van der Waals surface area contributed by atoms with Crippen molar-refractivity contribution in [2.24, 2.45) is 0 Å². The highest BCUT2D eigenvalue weighted by molar-refractivity contribution is 5.60. The van der Waals surface area contributed by atoms with Crippen LogP contribution in [0.3, 0.4) is 0 Å². The Kier molecular flexibility index (Phi) is 3.77. The maximum absolute atomic E-state index is 13.0. The van der Waals surface area contributed by atoms with Gasteiger partial charge in [0, 0.05) is 5.56 Å². The zero-order valence-corrected chi connectivity index (χ0v) is 10.8. The van der Waals surface area contributed by atoms with Crippen LogP contribution in [-0.4, -0.2) is 11.5 Å². The molecule has 0 aliphatic rings. The average molecular weight is 248 g/mol. The number of aryl methyl sites for hydroxylation is 1. The van der Waals surface area contributed by atoms with Crippen molar-refractivity contribution in [2.75, 3.05) is 6.54 Å². The SMILES string of the molecule is CCNC(C)c1ncc(-c2ccc(F)cc2C)o1. The van der Waals surface area contributed by atoms with E-state index in [2.05, 4.69) is 10.3 Å². The first-order valence-electron chi connectivity index (χ1n) is 6.07. The molecule has 0 aliphatic carbocycles. The van der Waals surface area contributed by atoms with E-state index in [9.17, 15) is 4.39 Å². The van der Waals surface area contributed by atoms with E-state index in [1.54, 1.807) is 12.3 Å². The van der Waals surface area contributed by atoms with Crippen LogP contribution in [0.1, 0.15) is 31.3 Å². The minimum atomic E-state index is -0.239. The molecule has 0 amide bonds. The van der Waals surface area contributed by atoms with Gasteiger partial charge in [0.05, 0.1) is 12.2 Å². The molecule has 1 aromatic carbocycles. The molecule has 1 unspecified atom stereocenters. The fourth-order valence-electron chi connectivity index (χ4n) is 1.91. The molecule has 0 aliphatic heterocycles. The molecule has 3 nitrogen and oxygen atoms in total. The number of oxazole rings is 1. The molecule has 4 heteroatoms. The first-order valence-corrected chi connectivity index (χ1v) is 6.07. The van der Waals surface area contributed by atoms with Gasteiger partial charge < -0.3 is 9.73 Å². The number of hydrogen-bond acceptors (Lipinski definition) is 3. The van der Waals surface area contributed by atoms with Crippen LogP contribution in [0.25, 0.3) is 11.3 Å². The van der Waals surface area contributed by atoms with Gasteiger partial charge in [-0.05, 0) is 44.2 Å². The molecule has 2 rings (SSSR count). The third kappa shape index (κ3) is 2.59. The molecule has 18 heavy (non-hydrogen) atoms. The van der Waals surface area contributed by atoms with Crippen molar-refractivity contribution < 1.29 is 8.81 Å². The monoisotopic (exact) mass is 248 g/mol. The number of nitrogens with one attached hydrogen (secondary N) is 1. The largest absolute Gasteiger partial charge is 0.439 e. The van der Waals surface area contributed by atoms with E-state index >= 15 is 0 Å². The Balaban J connectivity index is 2.29. The highest BCUT2D eigenvalue weighted by atomic mass is 19.1. The molecule has 0 saturated heterocycles. The lowest BCUT2D eigenvalue weighted by Crippen LogP contribution is -2.17. The van der Waals surface area contributed by atoms with E-state index in [0.717, 1.165) is 17.7 Å². The second kappa shape index (κ2) is 5.31. The minimum absolute atomic E-state index is 0.0736. The second-order valence-corrected chi connectivity index (χ2v) is 4.30. The second-order valence-electron chi connectivity index (χ2n) is 4.30. The number of benzene rings is 1. The normalized spacial score (nSPS) is 12.7. The number of aromatic nitrogens is 1. The molecule has 0 fully saturated rings. The van der Waals surface area contributed by atoms with Gasteiger partial charge in [-0.15, -0.1) is 0 Å². The van der Waals surface area contributed by atoms with Gasteiger partial charge in [-0.1, -0.05) is 6.92 Å². The van der Waals surface area contributed by atoms with E-state index in [-0.39, 0.29) is 11.9 Å². The lowest BCUT2D eigenvalue weighted by atomic mass is 10.1. The third-order valence-electron chi connectivity index (χ3n) is 2.86. The summed E-state index contributed by atoms with van der Waals surface area (Å²) in [6.07, 6.45) is 1.68. The summed E-state index contributed by atoms with van der Waals surface area (Å²) in [4.78, 5) is 4.25. The Morgan fingerprint density at radius 2 is 2.22 bits per heavy atom. The van der Waals surface area contributed by atoms with Crippen molar-refractivity contribution in [1.29, 1.82) is 0 Å². The minimum Gasteiger partial charge on any atom is -0.439 e. The van der Waals surface area contributed by atoms with Crippen LogP contribution in [0.4, 0.5) is 4.39 Å². The maximum atomic E-state index is 13.0. The van der Waals surface area contributed by atoms with Crippen LogP contribution in [0.15, 0.2) is 28.8 Å². The van der Waals surface area contributed by atoms with Gasteiger partial charge >= 0.3 is 0 Å². The van der Waals surface area contributed by atoms with Crippen molar-refractivity contribution in [3.05, 3.63) is 41.7 Å². The van der Waals surface area contributed by atoms with E-state index in [1.807, 2.05) is 20.8 Å². The van der Waals surface area contributed by atoms with Crippen LogP contribution < -0.4 is 5.32 Å². The average Bonchev–Trinajstić information content (AvgIpc) is 2.78. The zero-order valence-electron chi connectivity index (χ0n) is 10.8. The van der Waals surface area contributed by atoms with Gasteiger partial charge in [-0.2, -0.15) is 0 Å². The first-order chi connectivity index (χ1) is 8.61. The summed E-state index contributed by atoms with van der Waals surface area (Å²) in [5.74, 6) is 1.08. The first kappa shape index (κ1) is 12.8. The quantitative estimate of drug-likeness (QED) is 0.900. The standard InChI is InChI=1S/C14H17FN2O/c1-4-16-10(3)14-17-8-13(18-14)12-6-5-11(15)7-9(12)2/h5-8,10,16H,4H2,1-3H3. The maximum Gasteiger partial charge on any atom is 0.211 e. The Morgan fingerprint density at radius 3 is 2.89 bits per heavy atom. The van der Waals surface area contributed by atoms with Crippen molar-refractivity contribution in [1.82, 2.24) is 10.3 Å². The molecule has 0 radical (unpaired) electrons. The number of hydrogen-bond donors (Lipinski definition) is 1. The van der Waals surface area contributed by atoms with Gasteiger partial charge in [0.15, 0.2) is 5.76 Å². The summed E-state index contributed by atoms with van der Waals surface area (Å²) in [6.45, 7) is 6.74. The Hall–Kier alpha value is -1.68. The molecule has 1 atom stereocenters. The Labute approximate surface area is 106 Å². The predicted octanol–water partition coefficient (Wildman–Crippen LogP) is 3.46. The summed E-state index contributed by atoms with van der Waals surface area (Å²) in [5.41, 5.74) is 1.72. The van der Waals surface area contributed by atoms with Crippen LogP contribution in [-0.2, 0) is 0 Å². The Morgan fingerprint density at radius 1 is 1.44 bits per heavy atom. The fourth-order valence-corrected chi connectivity index (χ4v) is 1.91. The third-order valence-corrected chi connectivity index (χ3v) is 2.86. The molecule has 1 aromatic heterocycles. The molecule has 0 spiro atoms. The van der Waals surface area contributed by atoms with Gasteiger partial charge in [-0.25, -0.2) is 9.37 Å². The molecule has 1 N–H and O–H groups in total. The lowest BCUT2D eigenvalue weighted by Gasteiger charge is -2.07. The van der Waals surface area contributed by atoms with Crippen LogP contribution in [0.2, 0.25) is 0 Å². The highest BCUT2D eigenvalue weighted by Crippen LogP contribution is 2.26. The van der Waals surface area contributed by atoms with Gasteiger partial charge in [0.1, 0.15) is 5.82 Å². The van der Waals surface area contributed by atoms with Crippen molar-refractivity contribution in [3.63, 3.8) is 0 Å². The van der Waals surface area contributed by atoms with Crippen LogP contribution in [0, 0.1) is 12.7 Å². The predicted molar refractivity (Wildman–Crippen MR) is 68.7 cm³/mol. The van der Waals surface area contributed by atoms with E-state index in [1.165, 1.54) is 12.1 Å². The molecule has 96 valence electrons. The van der Waals surface area contributed by atoms with Gasteiger partial charge in [0.25, 0.3) is 0 Å². The summed E-state index contributed by atoms with van der Waals surface area (Å²) < 4.78 is 18.7. The molecule has 2 aromatic rings. The molecule has 1 heterocycles. The zero-order chi connectivity index (χ0) is 13.1. The molecule has 0 bridgehead atoms. The number of halogens is 1. The summed E-state index contributed by atoms with van der Waals surface area (Å²) >= 11 is 0. The van der Waals surface area contributed by atoms with Crippen LogP contribution >= 0.6 is 0 Å². The van der Waals surface area contributed by atoms with Crippen LogP contribution in [0.5, 0.6) is 0 Å². The van der Waals surface area contributed by atoms with Crippen molar-refractivity contribution in [3.8, 4) is 11.3 Å². The molecular formula is C14H17FN2O. The van der Waals surface area contributed by atoms with E-state index < -0.39 is 0 Å². The van der Waals surface area contributed by atoms with Gasteiger partial charge in [-0.3, -0.25) is 0 Å². The van der Waals surface area contributed by atoms with E-state index in [0.29, 0.717) is 11.7 Å². The fraction of sp³-hybridized carbons (Fsp3) is 0.357. The van der Waals surface area contributed by atoms with Gasteiger partial charge in [0.2, 0.25) is 5.89 Å². The van der Waals surface area contributed by atoms with Crippen molar-refractivity contribution in [2.45, 2.75) is 26.8 Å². The summed E-state index contributed by atoms with van der Waals surface area (Å²) in [5, 5.41) is 3.23. The smallest absolute Gasteiger partial charge is 0.211 e. The highest BCUT2D eigenvalue weighted by Gasteiger charge is 2.13. The summed E-state index contributed by atoms with van der Waals surface area (Å²) in [6, 6.07) is 4.71. The number of rotatable bonds is 4. The van der Waals surface area contributed by atoms with E-state index in [4.69, 9.17) is 4.42 Å². The topological polar surface area (TPSA) is 38.1 Å². The lowest BCUT2D eigenvalue weighted by molar-refractivity contribution is 0.429. The Bertz CT molecular complexity index is 536. The molecular weight excluding hydrogens is 231 g/mol. The van der Waals surface area contributed by atoms with Crippen molar-refractivity contribution >= 4 is 0 Å². The summed E-state index contributed by atoms with van der Waals surface area (Å²) in [7, 11) is 0. The molecule has 0 saturated carbocycles. The number of nitrogens with zero attached hydrogens (tertiary/aromatic N) is 1.